The largest absolute Gasteiger partial charge is 0.354 e. The lowest BCUT2D eigenvalue weighted by Crippen LogP contribution is -2.34. The van der Waals surface area contributed by atoms with Gasteiger partial charge in [0.15, 0.2) is 5.69 Å². The zero-order valence-electron chi connectivity index (χ0n) is 18.9. The van der Waals surface area contributed by atoms with Gasteiger partial charge in [-0.3, -0.25) is 9.78 Å². The maximum Gasteiger partial charge on any atom is 0.256 e. The van der Waals surface area contributed by atoms with Crippen molar-refractivity contribution in [3.8, 4) is 0 Å². The summed E-state index contributed by atoms with van der Waals surface area (Å²) in [7, 11) is 0. The summed E-state index contributed by atoms with van der Waals surface area (Å²) in [6.07, 6.45) is 4.17. The first-order valence-electron chi connectivity index (χ1n) is 12.0. The molecule has 1 aromatic carbocycles. The third kappa shape index (κ3) is 5.98. The van der Waals surface area contributed by atoms with Crippen LogP contribution in [0.3, 0.4) is 0 Å². The van der Waals surface area contributed by atoms with E-state index < -0.39 is 6.17 Å². The summed E-state index contributed by atoms with van der Waals surface area (Å²) in [5.41, 5.74) is 9.46. The van der Waals surface area contributed by atoms with Crippen molar-refractivity contribution in [2.75, 3.05) is 25.0 Å². The minimum atomic E-state index is -0.756. The molecule has 1 aliphatic heterocycles. The van der Waals surface area contributed by atoms with E-state index in [9.17, 15) is 9.18 Å². The number of halogens is 1. The predicted molar refractivity (Wildman–Crippen MR) is 129 cm³/mol. The van der Waals surface area contributed by atoms with E-state index in [4.69, 9.17) is 17.3 Å². The van der Waals surface area contributed by atoms with Crippen molar-refractivity contribution in [1.29, 1.82) is 0 Å². The number of nitrogens with two attached hydrogens (primary N) is 1. The highest BCUT2D eigenvalue weighted by Gasteiger charge is 2.30. The highest BCUT2D eigenvalue weighted by molar-refractivity contribution is 5.46. The van der Waals surface area contributed by atoms with Crippen molar-refractivity contribution in [1.82, 2.24) is 15.3 Å². The molecule has 1 aromatic heterocycles. The summed E-state index contributed by atoms with van der Waals surface area (Å²) in [5, 5.41) is 6.60. The number of aromatic amines is 1. The van der Waals surface area contributed by atoms with Gasteiger partial charge in [-0.1, -0.05) is 29.8 Å². The molecular formula is C25H33FN6O. The monoisotopic (exact) mass is 452 g/mol. The second kappa shape index (κ2) is 10.9. The molecule has 176 valence electrons. The van der Waals surface area contributed by atoms with E-state index in [0.29, 0.717) is 50.3 Å². The van der Waals surface area contributed by atoms with Gasteiger partial charge < -0.3 is 16.4 Å². The van der Waals surface area contributed by atoms with Gasteiger partial charge in [0, 0.05) is 24.1 Å². The molecule has 0 amide bonds. The van der Waals surface area contributed by atoms with Crippen LogP contribution in [0.25, 0.3) is 4.85 Å². The van der Waals surface area contributed by atoms with Gasteiger partial charge in [0.25, 0.3) is 5.56 Å². The maximum atomic E-state index is 13.7. The summed E-state index contributed by atoms with van der Waals surface area (Å²) in [6, 6.07) is 7.26. The number of benzene rings is 1. The average Bonchev–Trinajstić information content (AvgIpc) is 2.84. The van der Waals surface area contributed by atoms with Gasteiger partial charge in [0.2, 0.25) is 5.95 Å². The highest BCUT2D eigenvalue weighted by atomic mass is 19.1. The predicted octanol–water partition coefficient (Wildman–Crippen LogP) is 3.77. The zero-order valence-corrected chi connectivity index (χ0v) is 18.9. The quantitative estimate of drug-likeness (QED) is 0.479. The highest BCUT2D eigenvalue weighted by Crippen LogP contribution is 2.37. The molecule has 1 aliphatic carbocycles. The van der Waals surface area contributed by atoms with E-state index in [1.807, 2.05) is 18.2 Å². The van der Waals surface area contributed by atoms with Gasteiger partial charge in [-0.2, -0.15) is 0 Å². The minimum Gasteiger partial charge on any atom is -0.354 e. The van der Waals surface area contributed by atoms with Crippen molar-refractivity contribution in [3.05, 3.63) is 62.9 Å². The van der Waals surface area contributed by atoms with E-state index in [1.165, 1.54) is 0 Å². The van der Waals surface area contributed by atoms with Gasteiger partial charge in [-0.05, 0) is 64.0 Å². The van der Waals surface area contributed by atoms with Crippen LogP contribution in [0.4, 0.5) is 16.0 Å². The Kier molecular flexibility index (Phi) is 7.73. The van der Waals surface area contributed by atoms with Crippen LogP contribution < -0.4 is 21.9 Å². The molecule has 1 atom stereocenters. The molecule has 4 rings (SSSR count). The Morgan fingerprint density at radius 2 is 1.94 bits per heavy atom. The molecule has 2 aromatic rings. The van der Waals surface area contributed by atoms with E-state index >= 15 is 0 Å². The number of piperidine rings is 1. The Hall–Kier alpha value is -2.76. The number of nitrogens with one attached hydrogen (secondary N) is 3. The molecule has 5 N–H and O–H groups in total. The van der Waals surface area contributed by atoms with Crippen LogP contribution >= 0.6 is 0 Å². The lowest BCUT2D eigenvalue weighted by atomic mass is 9.80. The fraction of sp³-hybridized carbons (Fsp3) is 0.560. The lowest BCUT2D eigenvalue weighted by molar-refractivity contribution is 0.234. The number of H-pyrrole nitrogens is 1. The number of rotatable bonds is 7. The fourth-order valence-electron chi connectivity index (χ4n) is 5.08. The number of alkyl halides is 1. The summed E-state index contributed by atoms with van der Waals surface area (Å²) in [4.78, 5) is 24.4. The van der Waals surface area contributed by atoms with Gasteiger partial charge in [-0.25, -0.2) is 14.2 Å². The number of anilines is 1. The molecule has 2 aliphatic rings. The first kappa shape index (κ1) is 23.4. The summed E-state index contributed by atoms with van der Waals surface area (Å²) >= 11 is 0. The van der Waals surface area contributed by atoms with Crippen LogP contribution in [0.5, 0.6) is 0 Å². The van der Waals surface area contributed by atoms with Gasteiger partial charge in [0.05, 0.1) is 12.3 Å². The number of aromatic nitrogens is 2. The number of nitrogens with zero attached hydrogens (tertiary/aromatic N) is 2. The molecule has 2 heterocycles. The molecule has 0 spiro atoms. The van der Waals surface area contributed by atoms with Crippen molar-refractivity contribution < 1.29 is 4.39 Å². The van der Waals surface area contributed by atoms with Crippen molar-refractivity contribution >= 4 is 11.6 Å². The van der Waals surface area contributed by atoms with Crippen LogP contribution in [0.2, 0.25) is 0 Å². The Labute approximate surface area is 194 Å². The zero-order chi connectivity index (χ0) is 23.2. The van der Waals surface area contributed by atoms with E-state index in [-0.39, 0.29) is 23.4 Å². The third-order valence-electron chi connectivity index (χ3n) is 6.84. The second-order valence-corrected chi connectivity index (χ2v) is 9.31. The molecule has 1 saturated heterocycles. The molecule has 8 heteroatoms. The SMILES string of the molecule is [C-]#[N+]c1cccc(CC(N)CNc2nc(C3CCNCC3)c(C3CCC(F)CC3)c(=O)[nH]2)c1. The first-order valence-corrected chi connectivity index (χ1v) is 12.0. The maximum absolute atomic E-state index is 13.7. The van der Waals surface area contributed by atoms with Crippen LogP contribution in [0.1, 0.15) is 67.2 Å². The molecule has 7 nitrogen and oxygen atoms in total. The Bertz CT molecular complexity index is 1030. The van der Waals surface area contributed by atoms with Crippen LogP contribution in [-0.2, 0) is 6.42 Å². The Morgan fingerprint density at radius 3 is 2.67 bits per heavy atom. The van der Waals surface area contributed by atoms with E-state index in [2.05, 4.69) is 20.5 Å². The lowest BCUT2D eigenvalue weighted by Gasteiger charge is -2.29. The van der Waals surface area contributed by atoms with Crippen LogP contribution in [-0.4, -0.2) is 41.8 Å². The average molecular weight is 453 g/mol. The Morgan fingerprint density at radius 1 is 1.18 bits per heavy atom. The van der Waals surface area contributed by atoms with Gasteiger partial charge >= 0.3 is 0 Å². The van der Waals surface area contributed by atoms with Gasteiger partial charge in [0.1, 0.15) is 6.17 Å². The normalized spacial score (nSPS) is 22.5. The first-order chi connectivity index (χ1) is 16.0. The third-order valence-corrected chi connectivity index (χ3v) is 6.84. The number of hydrogen-bond donors (Lipinski definition) is 4. The fourth-order valence-corrected chi connectivity index (χ4v) is 5.08. The van der Waals surface area contributed by atoms with Crippen LogP contribution in [0, 0.1) is 6.57 Å². The summed E-state index contributed by atoms with van der Waals surface area (Å²) in [5.74, 6) is 0.753. The second-order valence-electron chi connectivity index (χ2n) is 9.31. The Balaban J connectivity index is 1.50. The van der Waals surface area contributed by atoms with E-state index in [1.54, 1.807) is 6.07 Å². The molecule has 33 heavy (non-hydrogen) atoms. The molecule has 0 bridgehead atoms. The number of hydrogen-bond acceptors (Lipinski definition) is 5. The van der Waals surface area contributed by atoms with Crippen LogP contribution in [0.15, 0.2) is 29.1 Å². The molecule has 2 fully saturated rings. The molecule has 1 saturated carbocycles. The smallest absolute Gasteiger partial charge is 0.256 e. The van der Waals surface area contributed by atoms with Crippen molar-refractivity contribution in [2.24, 2.45) is 5.73 Å². The standard InChI is InChI=1S/C25H33FN6O/c1-28-21-4-2-3-16(14-21)13-20(27)15-30-25-31-23(18-9-11-29-12-10-18)22(24(33)32-25)17-5-7-19(26)8-6-17/h2-4,14,17-20,29H,5-13,15,27H2,(H2,30,31,32,33). The van der Waals surface area contributed by atoms with Gasteiger partial charge in [-0.15, -0.1) is 0 Å². The summed E-state index contributed by atoms with van der Waals surface area (Å²) < 4.78 is 13.7. The minimum absolute atomic E-state index is 0.0733. The van der Waals surface area contributed by atoms with Crippen molar-refractivity contribution in [3.63, 3.8) is 0 Å². The van der Waals surface area contributed by atoms with Crippen molar-refractivity contribution in [2.45, 2.75) is 69.0 Å². The van der Waals surface area contributed by atoms with E-state index in [0.717, 1.165) is 42.8 Å². The molecule has 1 unspecified atom stereocenters. The molecular weight excluding hydrogens is 419 g/mol. The topological polar surface area (TPSA) is 100 Å². The summed E-state index contributed by atoms with van der Waals surface area (Å²) in [6.45, 7) is 9.43. The molecule has 0 radical (unpaired) electrons.